The van der Waals surface area contributed by atoms with Crippen LogP contribution in [0.1, 0.15) is 44.3 Å². The molecule has 3 nitrogen and oxygen atoms in total. The van der Waals surface area contributed by atoms with E-state index in [4.69, 9.17) is 14.9 Å². The number of aryl methyl sites for hydroxylation is 1. The summed E-state index contributed by atoms with van der Waals surface area (Å²) in [6.45, 7) is 6.75. The van der Waals surface area contributed by atoms with Crippen molar-refractivity contribution >= 4 is 0 Å². The zero-order valence-electron chi connectivity index (χ0n) is 9.82. The Hall–Kier alpha value is -0.800. The van der Waals surface area contributed by atoms with Crippen LogP contribution in [0, 0.1) is 6.92 Å². The van der Waals surface area contributed by atoms with Gasteiger partial charge >= 0.3 is 0 Å². The van der Waals surface area contributed by atoms with Gasteiger partial charge in [0, 0.05) is 6.61 Å². The van der Waals surface area contributed by atoms with Crippen molar-refractivity contribution in [2.45, 2.75) is 45.8 Å². The maximum atomic E-state index is 5.99. The van der Waals surface area contributed by atoms with Crippen molar-refractivity contribution in [3.63, 3.8) is 0 Å². The number of ether oxygens (including phenoxy) is 1. The van der Waals surface area contributed by atoms with E-state index < -0.39 is 0 Å². The van der Waals surface area contributed by atoms with Crippen molar-refractivity contribution < 1.29 is 9.15 Å². The predicted octanol–water partition coefficient (Wildman–Crippen LogP) is 2.79. The lowest BCUT2D eigenvalue weighted by Crippen LogP contribution is -2.24. The molecule has 3 heteroatoms. The Labute approximate surface area is 91.6 Å². The average molecular weight is 211 g/mol. The third-order valence-corrected chi connectivity index (χ3v) is 2.46. The van der Waals surface area contributed by atoms with Crippen LogP contribution in [0.15, 0.2) is 16.5 Å². The Balaban J connectivity index is 0.000000531. The average Bonchev–Trinajstić information content (AvgIpc) is 2.90. The zero-order chi connectivity index (χ0) is 11.3. The van der Waals surface area contributed by atoms with Crippen molar-refractivity contribution in [2.75, 3.05) is 6.61 Å². The topological polar surface area (TPSA) is 48.4 Å². The van der Waals surface area contributed by atoms with Gasteiger partial charge in [-0.2, -0.15) is 0 Å². The van der Waals surface area contributed by atoms with Gasteiger partial charge in [0.05, 0.1) is 12.1 Å². The number of nitrogens with two attached hydrogens (primary N) is 1. The van der Waals surface area contributed by atoms with Crippen LogP contribution >= 0.6 is 0 Å². The highest BCUT2D eigenvalue weighted by Gasteiger charge is 2.25. The van der Waals surface area contributed by atoms with Gasteiger partial charge in [0.15, 0.2) is 0 Å². The van der Waals surface area contributed by atoms with E-state index in [-0.39, 0.29) is 12.1 Å². The second-order valence-corrected chi connectivity index (χ2v) is 3.53. The van der Waals surface area contributed by atoms with Gasteiger partial charge in [-0.3, -0.25) is 0 Å². The van der Waals surface area contributed by atoms with Gasteiger partial charge in [0.2, 0.25) is 0 Å². The maximum Gasteiger partial charge on any atom is 0.123 e. The second-order valence-electron chi connectivity index (χ2n) is 3.53. The van der Waals surface area contributed by atoms with E-state index in [1.165, 1.54) is 0 Å². The van der Waals surface area contributed by atoms with Gasteiger partial charge < -0.3 is 14.9 Å². The molecule has 1 aliphatic rings. The van der Waals surface area contributed by atoms with Crippen LogP contribution in [0.4, 0.5) is 0 Å². The summed E-state index contributed by atoms with van der Waals surface area (Å²) < 4.78 is 10.9. The molecular weight excluding hydrogens is 190 g/mol. The minimum atomic E-state index is -0.101. The lowest BCUT2D eigenvalue weighted by atomic mass is 10.1. The zero-order valence-corrected chi connectivity index (χ0v) is 9.82. The summed E-state index contributed by atoms with van der Waals surface area (Å²) in [4.78, 5) is 0. The summed E-state index contributed by atoms with van der Waals surface area (Å²) in [6, 6.07) is 3.77. The normalized spacial score (nSPS) is 22.0. The first-order valence-electron chi connectivity index (χ1n) is 5.71. The molecule has 15 heavy (non-hydrogen) atoms. The standard InChI is InChI=1S/C10H15NO2.C2H6/c1-7-4-5-9(13-7)10(11)8-3-2-6-12-8;1-2/h4-5,8,10H,2-3,6,11H2,1H3;1-2H3. The first kappa shape index (κ1) is 12.3. The van der Waals surface area contributed by atoms with E-state index in [1.807, 2.05) is 32.9 Å². The fourth-order valence-electron chi connectivity index (χ4n) is 1.70. The molecule has 0 spiro atoms. The van der Waals surface area contributed by atoms with Crippen molar-refractivity contribution in [1.82, 2.24) is 0 Å². The summed E-state index contributed by atoms with van der Waals surface area (Å²) in [6.07, 6.45) is 2.30. The largest absolute Gasteiger partial charge is 0.465 e. The van der Waals surface area contributed by atoms with Gasteiger partial charge in [0.1, 0.15) is 11.5 Å². The molecule has 2 N–H and O–H groups in total. The molecule has 1 fully saturated rings. The summed E-state index contributed by atoms with van der Waals surface area (Å²) >= 11 is 0. The highest BCUT2D eigenvalue weighted by molar-refractivity contribution is 5.10. The highest BCUT2D eigenvalue weighted by Crippen LogP contribution is 2.25. The molecule has 2 rings (SSSR count). The van der Waals surface area contributed by atoms with E-state index in [2.05, 4.69) is 0 Å². The molecule has 1 aromatic rings. The van der Waals surface area contributed by atoms with E-state index in [0.717, 1.165) is 31.0 Å². The number of rotatable bonds is 2. The fraction of sp³-hybridized carbons (Fsp3) is 0.667. The quantitative estimate of drug-likeness (QED) is 0.818. The molecule has 1 aromatic heterocycles. The first-order valence-corrected chi connectivity index (χ1v) is 5.71. The molecule has 0 aliphatic carbocycles. The van der Waals surface area contributed by atoms with Gasteiger partial charge in [-0.05, 0) is 31.9 Å². The summed E-state index contributed by atoms with van der Waals surface area (Å²) in [5, 5.41) is 0. The van der Waals surface area contributed by atoms with Crippen molar-refractivity contribution in [2.24, 2.45) is 5.73 Å². The van der Waals surface area contributed by atoms with Crippen LogP contribution in [0.5, 0.6) is 0 Å². The molecule has 86 valence electrons. The molecule has 0 aromatic carbocycles. The van der Waals surface area contributed by atoms with Gasteiger partial charge in [-0.1, -0.05) is 13.8 Å². The first-order chi connectivity index (χ1) is 7.27. The highest BCUT2D eigenvalue weighted by atomic mass is 16.5. The van der Waals surface area contributed by atoms with Crippen LogP contribution in [-0.2, 0) is 4.74 Å². The molecule has 2 unspecified atom stereocenters. The van der Waals surface area contributed by atoms with Crippen LogP contribution < -0.4 is 5.73 Å². The lowest BCUT2D eigenvalue weighted by Gasteiger charge is -2.15. The Morgan fingerprint density at radius 1 is 1.40 bits per heavy atom. The van der Waals surface area contributed by atoms with E-state index >= 15 is 0 Å². The summed E-state index contributed by atoms with van der Waals surface area (Å²) in [5.41, 5.74) is 5.99. The van der Waals surface area contributed by atoms with Crippen molar-refractivity contribution in [1.29, 1.82) is 0 Å². The van der Waals surface area contributed by atoms with E-state index in [9.17, 15) is 0 Å². The Morgan fingerprint density at radius 3 is 2.60 bits per heavy atom. The van der Waals surface area contributed by atoms with Crippen molar-refractivity contribution in [3.8, 4) is 0 Å². The third kappa shape index (κ3) is 3.08. The van der Waals surface area contributed by atoms with Crippen molar-refractivity contribution in [3.05, 3.63) is 23.7 Å². The predicted molar refractivity (Wildman–Crippen MR) is 60.7 cm³/mol. The number of furan rings is 1. The van der Waals surface area contributed by atoms with Gasteiger partial charge in [0.25, 0.3) is 0 Å². The van der Waals surface area contributed by atoms with Gasteiger partial charge in [-0.25, -0.2) is 0 Å². The Bertz CT molecular complexity index is 277. The maximum absolute atomic E-state index is 5.99. The van der Waals surface area contributed by atoms with Gasteiger partial charge in [-0.15, -0.1) is 0 Å². The molecule has 0 radical (unpaired) electrons. The fourth-order valence-corrected chi connectivity index (χ4v) is 1.70. The Kier molecular flexibility index (Phi) is 4.85. The lowest BCUT2D eigenvalue weighted by molar-refractivity contribution is 0.0836. The van der Waals surface area contributed by atoms with Crippen LogP contribution in [0.2, 0.25) is 0 Å². The summed E-state index contributed by atoms with van der Waals surface area (Å²) in [5.74, 6) is 1.74. The molecule has 0 saturated carbocycles. The molecule has 2 atom stereocenters. The minimum absolute atomic E-state index is 0.101. The molecular formula is C12H21NO2. The number of hydrogen-bond acceptors (Lipinski definition) is 3. The molecule has 1 saturated heterocycles. The SMILES string of the molecule is CC.Cc1ccc(C(N)C2CCCO2)o1. The third-order valence-electron chi connectivity index (χ3n) is 2.46. The second kappa shape index (κ2) is 5.93. The molecule has 2 heterocycles. The van der Waals surface area contributed by atoms with Crippen LogP contribution in [-0.4, -0.2) is 12.7 Å². The Morgan fingerprint density at radius 2 is 2.13 bits per heavy atom. The summed E-state index contributed by atoms with van der Waals surface area (Å²) in [7, 11) is 0. The molecule has 0 bridgehead atoms. The van der Waals surface area contributed by atoms with Crippen LogP contribution in [0.25, 0.3) is 0 Å². The minimum Gasteiger partial charge on any atom is -0.465 e. The smallest absolute Gasteiger partial charge is 0.123 e. The molecule has 1 aliphatic heterocycles. The monoisotopic (exact) mass is 211 g/mol. The van der Waals surface area contributed by atoms with E-state index in [0.29, 0.717) is 0 Å². The molecule has 0 amide bonds. The van der Waals surface area contributed by atoms with Crippen LogP contribution in [0.3, 0.4) is 0 Å². The van der Waals surface area contributed by atoms with E-state index in [1.54, 1.807) is 0 Å². The number of hydrogen-bond donors (Lipinski definition) is 1.